The first-order valence-electron chi connectivity index (χ1n) is 8.97. The van der Waals surface area contributed by atoms with E-state index in [4.69, 9.17) is 10.00 Å². The van der Waals surface area contributed by atoms with E-state index < -0.39 is 0 Å². The number of benzene rings is 1. The van der Waals surface area contributed by atoms with Gasteiger partial charge in [0, 0.05) is 12.0 Å². The number of Topliss-reactive ketones (excluding diaryl/α,β-unsaturated/α-hetero) is 1. The zero-order valence-corrected chi connectivity index (χ0v) is 14.9. The molecule has 4 nitrogen and oxygen atoms in total. The van der Waals surface area contributed by atoms with Gasteiger partial charge in [0.05, 0.1) is 18.2 Å². The van der Waals surface area contributed by atoms with Crippen LogP contribution >= 0.6 is 0 Å². The first kappa shape index (κ1) is 20.0. The summed E-state index contributed by atoms with van der Waals surface area (Å²) in [6, 6.07) is 5.60. The Bertz CT molecular complexity index is 561. The normalized spacial score (nSPS) is 10.4. The Hall–Kier alpha value is -2.02. The number of phenolic OH excluding ortho intramolecular Hbond substituents is 1. The van der Waals surface area contributed by atoms with E-state index in [0.717, 1.165) is 50.5 Å². The van der Waals surface area contributed by atoms with Crippen LogP contribution in [-0.4, -0.2) is 17.5 Å². The Kier molecular flexibility index (Phi) is 9.60. The number of carbonyl (C=O) groups excluding carboxylic acids is 1. The number of ether oxygens (including phenoxy) is 1. The predicted octanol–water partition coefficient (Wildman–Crippen LogP) is 5.18. The molecule has 0 fully saturated rings. The number of hydrogen-bond donors (Lipinski definition) is 1. The number of ketones is 1. The lowest BCUT2D eigenvalue weighted by Gasteiger charge is -2.14. The lowest BCUT2D eigenvalue weighted by molar-refractivity contribution is 0.101. The molecule has 24 heavy (non-hydrogen) atoms. The van der Waals surface area contributed by atoms with E-state index in [2.05, 4.69) is 6.07 Å². The molecule has 0 aromatic heterocycles. The fraction of sp³-hybridized carbons (Fsp3) is 0.600. The lowest BCUT2D eigenvalue weighted by atomic mass is 10.0. The first-order valence-corrected chi connectivity index (χ1v) is 8.97. The number of nitriles is 1. The summed E-state index contributed by atoms with van der Waals surface area (Å²) >= 11 is 0. The highest BCUT2D eigenvalue weighted by atomic mass is 16.5. The van der Waals surface area contributed by atoms with E-state index in [9.17, 15) is 9.90 Å². The fourth-order valence-electron chi connectivity index (χ4n) is 2.72. The van der Waals surface area contributed by atoms with Crippen LogP contribution in [0.2, 0.25) is 0 Å². The topological polar surface area (TPSA) is 70.3 Å². The molecular formula is C20H29NO3. The van der Waals surface area contributed by atoms with Crippen LogP contribution < -0.4 is 4.74 Å². The van der Waals surface area contributed by atoms with Gasteiger partial charge in [0.2, 0.25) is 0 Å². The van der Waals surface area contributed by atoms with E-state index in [-0.39, 0.29) is 11.5 Å². The Morgan fingerprint density at radius 1 is 1.17 bits per heavy atom. The van der Waals surface area contributed by atoms with Gasteiger partial charge in [0.25, 0.3) is 0 Å². The summed E-state index contributed by atoms with van der Waals surface area (Å²) in [7, 11) is 0. The predicted molar refractivity (Wildman–Crippen MR) is 95.5 cm³/mol. The summed E-state index contributed by atoms with van der Waals surface area (Å²) in [4.78, 5) is 11.5. The summed E-state index contributed by atoms with van der Waals surface area (Å²) < 4.78 is 5.84. The molecule has 0 saturated carbocycles. The Morgan fingerprint density at radius 3 is 2.46 bits per heavy atom. The Balaban J connectivity index is 2.43. The summed E-state index contributed by atoms with van der Waals surface area (Å²) in [5, 5.41) is 18.8. The van der Waals surface area contributed by atoms with Crippen LogP contribution in [0.5, 0.6) is 11.5 Å². The van der Waals surface area contributed by atoms with Crippen molar-refractivity contribution in [3.63, 3.8) is 0 Å². The number of rotatable bonds is 12. The van der Waals surface area contributed by atoms with Crippen LogP contribution in [-0.2, 0) is 6.42 Å². The maximum absolute atomic E-state index is 11.5. The molecule has 1 rings (SSSR count). The molecule has 1 N–H and O–H groups in total. The summed E-state index contributed by atoms with van der Waals surface area (Å²) in [6.45, 7) is 4.12. The number of phenols is 1. The summed E-state index contributed by atoms with van der Waals surface area (Å²) in [6.07, 6.45) is 8.75. The van der Waals surface area contributed by atoms with E-state index in [1.165, 1.54) is 6.92 Å². The number of unbranched alkanes of at least 4 members (excludes halogenated alkanes) is 6. The lowest BCUT2D eigenvalue weighted by Crippen LogP contribution is -2.03. The molecule has 0 aliphatic carbocycles. The van der Waals surface area contributed by atoms with Gasteiger partial charge in [-0.25, -0.2) is 0 Å². The molecule has 0 atom stereocenters. The minimum Gasteiger partial charge on any atom is -0.507 e. The third-order valence-corrected chi connectivity index (χ3v) is 4.06. The molecule has 0 aliphatic rings. The summed E-state index contributed by atoms with van der Waals surface area (Å²) in [5.41, 5.74) is 1.10. The molecule has 1 aromatic rings. The Labute approximate surface area is 145 Å². The van der Waals surface area contributed by atoms with Crippen molar-refractivity contribution in [1.29, 1.82) is 5.26 Å². The van der Waals surface area contributed by atoms with Gasteiger partial charge in [-0.05, 0) is 38.3 Å². The average Bonchev–Trinajstić information content (AvgIpc) is 2.56. The van der Waals surface area contributed by atoms with Crippen LogP contribution in [0.1, 0.15) is 81.1 Å². The third kappa shape index (κ3) is 6.62. The molecule has 132 valence electrons. The van der Waals surface area contributed by atoms with Crippen molar-refractivity contribution >= 4 is 5.78 Å². The van der Waals surface area contributed by atoms with Crippen molar-refractivity contribution in [2.24, 2.45) is 0 Å². The molecule has 0 aliphatic heterocycles. The van der Waals surface area contributed by atoms with Gasteiger partial charge in [-0.15, -0.1) is 0 Å². The van der Waals surface area contributed by atoms with Gasteiger partial charge in [-0.2, -0.15) is 5.26 Å². The molecule has 0 heterocycles. The standard InChI is InChI=1S/C20H29NO3/c1-3-11-18-19(13-12-17(16(2)22)20(18)23)24-15-10-8-6-4-5-7-9-14-21/h12-13,23H,3-11,15H2,1-2H3. The maximum atomic E-state index is 11.5. The monoisotopic (exact) mass is 331 g/mol. The SMILES string of the molecule is CCCc1c(OCCCCCCCCC#N)ccc(C(C)=O)c1O. The molecular weight excluding hydrogens is 302 g/mol. The molecule has 0 saturated heterocycles. The Morgan fingerprint density at radius 2 is 1.83 bits per heavy atom. The zero-order chi connectivity index (χ0) is 17.8. The second-order valence-electron chi connectivity index (χ2n) is 6.12. The largest absolute Gasteiger partial charge is 0.507 e. The molecule has 0 radical (unpaired) electrons. The van der Waals surface area contributed by atoms with Gasteiger partial charge in [0.15, 0.2) is 5.78 Å². The quantitative estimate of drug-likeness (QED) is 0.423. The van der Waals surface area contributed by atoms with Crippen molar-refractivity contribution in [2.75, 3.05) is 6.61 Å². The van der Waals surface area contributed by atoms with Gasteiger partial charge in [0.1, 0.15) is 11.5 Å². The van der Waals surface area contributed by atoms with E-state index in [1.807, 2.05) is 6.92 Å². The highest BCUT2D eigenvalue weighted by Gasteiger charge is 2.15. The number of carbonyl (C=O) groups is 1. The molecule has 0 bridgehead atoms. The van der Waals surface area contributed by atoms with Crippen molar-refractivity contribution in [3.8, 4) is 17.6 Å². The smallest absolute Gasteiger partial charge is 0.163 e. The van der Waals surface area contributed by atoms with Crippen LogP contribution in [0.3, 0.4) is 0 Å². The van der Waals surface area contributed by atoms with Gasteiger partial charge < -0.3 is 9.84 Å². The van der Waals surface area contributed by atoms with E-state index >= 15 is 0 Å². The van der Waals surface area contributed by atoms with Crippen molar-refractivity contribution < 1.29 is 14.6 Å². The zero-order valence-electron chi connectivity index (χ0n) is 14.9. The fourth-order valence-corrected chi connectivity index (χ4v) is 2.72. The van der Waals surface area contributed by atoms with Crippen LogP contribution in [0, 0.1) is 11.3 Å². The number of nitrogens with zero attached hydrogens (tertiary/aromatic N) is 1. The molecule has 0 spiro atoms. The highest BCUT2D eigenvalue weighted by molar-refractivity contribution is 5.97. The van der Waals surface area contributed by atoms with Crippen molar-refractivity contribution in [3.05, 3.63) is 23.3 Å². The van der Waals surface area contributed by atoms with Crippen LogP contribution in [0.15, 0.2) is 12.1 Å². The number of hydrogen-bond acceptors (Lipinski definition) is 4. The van der Waals surface area contributed by atoms with Crippen molar-refractivity contribution in [1.82, 2.24) is 0 Å². The van der Waals surface area contributed by atoms with Gasteiger partial charge in [-0.3, -0.25) is 4.79 Å². The third-order valence-electron chi connectivity index (χ3n) is 4.06. The average molecular weight is 331 g/mol. The van der Waals surface area contributed by atoms with E-state index in [0.29, 0.717) is 30.8 Å². The highest BCUT2D eigenvalue weighted by Crippen LogP contribution is 2.33. The second kappa shape index (κ2) is 11.5. The van der Waals surface area contributed by atoms with Crippen LogP contribution in [0.25, 0.3) is 0 Å². The number of aromatic hydroxyl groups is 1. The minimum absolute atomic E-state index is 0.0688. The summed E-state index contributed by atoms with van der Waals surface area (Å²) in [5.74, 6) is 0.625. The van der Waals surface area contributed by atoms with Gasteiger partial charge >= 0.3 is 0 Å². The molecule has 1 aromatic carbocycles. The molecule has 4 heteroatoms. The first-order chi connectivity index (χ1) is 11.6. The van der Waals surface area contributed by atoms with Gasteiger partial charge in [-0.1, -0.05) is 39.0 Å². The minimum atomic E-state index is -0.132. The molecule has 0 unspecified atom stereocenters. The maximum Gasteiger partial charge on any atom is 0.163 e. The van der Waals surface area contributed by atoms with Crippen molar-refractivity contribution in [2.45, 2.75) is 71.6 Å². The molecule has 0 amide bonds. The van der Waals surface area contributed by atoms with Crippen LogP contribution in [0.4, 0.5) is 0 Å². The second-order valence-corrected chi connectivity index (χ2v) is 6.12. The van der Waals surface area contributed by atoms with E-state index in [1.54, 1.807) is 12.1 Å².